The second kappa shape index (κ2) is 11.5. The largest absolute Gasteiger partial charge is 0.494 e. The number of H-pyrrole nitrogens is 1. The molecule has 1 amide bonds. The predicted octanol–water partition coefficient (Wildman–Crippen LogP) is 6.50. The van der Waals surface area contributed by atoms with Gasteiger partial charge in [0.2, 0.25) is 5.91 Å². The molecule has 192 valence electrons. The number of aromatic nitrogens is 5. The number of imidazole rings is 1. The minimum atomic E-state index is -0.439. The van der Waals surface area contributed by atoms with Crippen molar-refractivity contribution in [3.05, 3.63) is 90.3 Å². The third-order valence-electron chi connectivity index (χ3n) is 5.75. The fraction of sp³-hybridized carbons (Fsp3) is 0.143. The van der Waals surface area contributed by atoms with Crippen LogP contribution in [0.2, 0.25) is 5.02 Å². The number of aromatic amines is 1. The Balaban J connectivity index is 1.38. The predicted molar refractivity (Wildman–Crippen MR) is 151 cm³/mol. The van der Waals surface area contributed by atoms with Crippen LogP contribution in [0.25, 0.3) is 28.3 Å². The van der Waals surface area contributed by atoms with Crippen LogP contribution < -0.4 is 10.1 Å². The van der Waals surface area contributed by atoms with Crippen LogP contribution in [0.4, 0.5) is 5.69 Å². The van der Waals surface area contributed by atoms with Gasteiger partial charge in [-0.25, -0.2) is 4.98 Å². The van der Waals surface area contributed by atoms with Crippen molar-refractivity contribution in [3.63, 3.8) is 0 Å². The zero-order valence-electron chi connectivity index (χ0n) is 20.8. The lowest BCUT2D eigenvalue weighted by atomic mass is 10.1. The van der Waals surface area contributed by atoms with Crippen molar-refractivity contribution in [1.82, 2.24) is 24.7 Å². The third-order valence-corrected chi connectivity index (χ3v) is 7.05. The number of thioether (sulfide) groups is 1. The van der Waals surface area contributed by atoms with E-state index in [2.05, 4.69) is 25.5 Å². The van der Waals surface area contributed by atoms with Crippen molar-refractivity contribution in [2.24, 2.45) is 0 Å². The molecule has 0 fully saturated rings. The number of rotatable bonds is 9. The van der Waals surface area contributed by atoms with Crippen LogP contribution in [-0.2, 0) is 4.79 Å². The van der Waals surface area contributed by atoms with Gasteiger partial charge in [-0.1, -0.05) is 35.5 Å². The van der Waals surface area contributed by atoms with Gasteiger partial charge in [0.1, 0.15) is 5.75 Å². The first kappa shape index (κ1) is 25.6. The van der Waals surface area contributed by atoms with Gasteiger partial charge < -0.3 is 15.0 Å². The highest BCUT2D eigenvalue weighted by atomic mass is 35.5. The van der Waals surface area contributed by atoms with E-state index in [1.54, 1.807) is 12.5 Å². The summed E-state index contributed by atoms with van der Waals surface area (Å²) < 4.78 is 7.54. The van der Waals surface area contributed by atoms with Crippen LogP contribution in [0.15, 0.2) is 90.5 Å². The summed E-state index contributed by atoms with van der Waals surface area (Å²) in [6, 6.07) is 22.7. The van der Waals surface area contributed by atoms with Gasteiger partial charge in [-0.05, 0) is 80.1 Å². The van der Waals surface area contributed by atoms with Crippen LogP contribution in [0, 0.1) is 0 Å². The average molecular weight is 545 g/mol. The Morgan fingerprint density at radius 3 is 2.39 bits per heavy atom. The SMILES string of the molecule is CCOc1ccc(-n2c(SC(C)C(=O)Nc3ccc(-c4cnc[nH]4)cc3)nnc2-c2ccc(Cl)cc2)cc1. The molecule has 2 aromatic heterocycles. The minimum Gasteiger partial charge on any atom is -0.494 e. The summed E-state index contributed by atoms with van der Waals surface area (Å²) in [5.74, 6) is 1.28. The lowest BCUT2D eigenvalue weighted by Crippen LogP contribution is -2.22. The van der Waals surface area contributed by atoms with Gasteiger partial charge in [-0.2, -0.15) is 0 Å². The molecule has 8 nitrogen and oxygen atoms in total. The van der Waals surface area contributed by atoms with Crippen molar-refractivity contribution >= 4 is 35.0 Å². The monoisotopic (exact) mass is 544 g/mol. The summed E-state index contributed by atoms with van der Waals surface area (Å²) in [7, 11) is 0. The van der Waals surface area contributed by atoms with Crippen molar-refractivity contribution in [2.45, 2.75) is 24.3 Å². The quantitative estimate of drug-likeness (QED) is 0.206. The maximum Gasteiger partial charge on any atom is 0.237 e. The molecule has 5 aromatic rings. The molecule has 1 unspecified atom stereocenters. The highest BCUT2D eigenvalue weighted by Gasteiger charge is 2.22. The van der Waals surface area contributed by atoms with E-state index in [4.69, 9.17) is 16.3 Å². The number of amides is 1. The van der Waals surface area contributed by atoms with Crippen molar-refractivity contribution in [1.29, 1.82) is 0 Å². The molecule has 0 saturated heterocycles. The number of ether oxygens (including phenoxy) is 1. The molecule has 2 heterocycles. The van der Waals surface area contributed by atoms with E-state index < -0.39 is 5.25 Å². The third kappa shape index (κ3) is 5.74. The van der Waals surface area contributed by atoms with E-state index >= 15 is 0 Å². The molecule has 38 heavy (non-hydrogen) atoms. The molecule has 0 spiro atoms. The number of carbonyl (C=O) groups excluding carboxylic acids is 1. The molecule has 10 heteroatoms. The summed E-state index contributed by atoms with van der Waals surface area (Å²) in [5, 5.41) is 12.7. The Morgan fingerprint density at radius 1 is 1.03 bits per heavy atom. The first-order chi connectivity index (χ1) is 18.5. The summed E-state index contributed by atoms with van der Waals surface area (Å²) in [6.45, 7) is 4.38. The van der Waals surface area contributed by atoms with Crippen LogP contribution in [0.1, 0.15) is 13.8 Å². The molecule has 0 saturated carbocycles. The van der Waals surface area contributed by atoms with E-state index in [9.17, 15) is 4.79 Å². The van der Waals surface area contributed by atoms with Crippen LogP contribution in [-0.4, -0.2) is 42.5 Å². The number of hydrogen-bond donors (Lipinski definition) is 2. The fourth-order valence-electron chi connectivity index (χ4n) is 3.83. The molecule has 3 aromatic carbocycles. The van der Waals surface area contributed by atoms with E-state index in [0.717, 1.165) is 28.3 Å². The van der Waals surface area contributed by atoms with Gasteiger partial charge in [-0.15, -0.1) is 10.2 Å². The maximum atomic E-state index is 13.1. The van der Waals surface area contributed by atoms with Gasteiger partial charge in [0.05, 0.1) is 30.1 Å². The van der Waals surface area contributed by atoms with Crippen molar-refractivity contribution in [3.8, 4) is 34.1 Å². The number of carbonyl (C=O) groups is 1. The number of nitrogens with zero attached hydrogens (tertiary/aromatic N) is 4. The summed E-state index contributed by atoms with van der Waals surface area (Å²) >= 11 is 7.44. The number of benzene rings is 3. The molecule has 0 aliphatic heterocycles. The standard InChI is InChI=1S/C28H25ClN6O2S/c1-3-37-24-14-12-23(13-15-24)35-26(20-4-8-21(29)9-5-20)33-34-28(35)38-18(2)27(36)32-22-10-6-19(7-11-22)25-16-30-17-31-25/h4-18H,3H2,1-2H3,(H,30,31)(H,32,36). The molecule has 5 rings (SSSR count). The smallest absolute Gasteiger partial charge is 0.237 e. The van der Waals surface area contributed by atoms with Crippen LogP contribution in [0.3, 0.4) is 0 Å². The first-order valence-electron chi connectivity index (χ1n) is 12.0. The Kier molecular flexibility index (Phi) is 7.76. The molecular weight excluding hydrogens is 520 g/mol. The Labute approximate surface area is 229 Å². The zero-order valence-corrected chi connectivity index (χ0v) is 22.3. The molecule has 0 aliphatic carbocycles. The summed E-state index contributed by atoms with van der Waals surface area (Å²) in [4.78, 5) is 20.2. The Morgan fingerprint density at radius 2 is 1.74 bits per heavy atom. The summed E-state index contributed by atoms with van der Waals surface area (Å²) in [5.41, 5.74) is 4.32. The molecular formula is C28H25ClN6O2S. The number of hydrogen-bond acceptors (Lipinski definition) is 6. The maximum absolute atomic E-state index is 13.1. The zero-order chi connectivity index (χ0) is 26.5. The Hall–Kier alpha value is -4.08. The first-order valence-corrected chi connectivity index (χ1v) is 13.3. The van der Waals surface area contributed by atoms with Gasteiger partial charge in [-0.3, -0.25) is 9.36 Å². The highest BCUT2D eigenvalue weighted by molar-refractivity contribution is 8.00. The average Bonchev–Trinajstić information content (AvgIpc) is 3.61. The number of anilines is 1. The Bertz CT molecular complexity index is 1500. The second-order valence-electron chi connectivity index (χ2n) is 8.37. The normalized spacial score (nSPS) is 11.8. The van der Waals surface area contributed by atoms with E-state index in [0.29, 0.717) is 28.3 Å². The molecule has 2 N–H and O–H groups in total. The van der Waals surface area contributed by atoms with Crippen LogP contribution in [0.5, 0.6) is 5.75 Å². The number of nitrogens with one attached hydrogen (secondary N) is 2. The molecule has 0 aliphatic rings. The topological polar surface area (TPSA) is 97.7 Å². The fourth-order valence-corrected chi connectivity index (χ4v) is 4.82. The minimum absolute atomic E-state index is 0.140. The van der Waals surface area contributed by atoms with Crippen molar-refractivity contribution in [2.75, 3.05) is 11.9 Å². The van der Waals surface area contributed by atoms with E-state index in [1.807, 2.05) is 91.2 Å². The molecule has 0 bridgehead atoms. The van der Waals surface area contributed by atoms with Gasteiger partial charge in [0.25, 0.3) is 0 Å². The highest BCUT2D eigenvalue weighted by Crippen LogP contribution is 2.32. The number of halogens is 1. The second-order valence-corrected chi connectivity index (χ2v) is 10.1. The lowest BCUT2D eigenvalue weighted by molar-refractivity contribution is -0.115. The van der Waals surface area contributed by atoms with E-state index in [-0.39, 0.29) is 5.91 Å². The van der Waals surface area contributed by atoms with E-state index in [1.165, 1.54) is 11.8 Å². The van der Waals surface area contributed by atoms with Crippen molar-refractivity contribution < 1.29 is 9.53 Å². The van der Waals surface area contributed by atoms with Gasteiger partial charge >= 0.3 is 0 Å². The van der Waals surface area contributed by atoms with Gasteiger partial charge in [0, 0.05) is 22.0 Å². The van der Waals surface area contributed by atoms with Crippen LogP contribution >= 0.6 is 23.4 Å². The van der Waals surface area contributed by atoms with Gasteiger partial charge in [0.15, 0.2) is 11.0 Å². The molecule has 0 radical (unpaired) electrons. The molecule has 1 atom stereocenters. The lowest BCUT2D eigenvalue weighted by Gasteiger charge is -2.15. The summed E-state index contributed by atoms with van der Waals surface area (Å²) in [6.07, 6.45) is 3.39.